The van der Waals surface area contributed by atoms with E-state index in [1.807, 2.05) is 13.8 Å². The molecule has 0 spiro atoms. The predicted molar refractivity (Wildman–Crippen MR) is 70.4 cm³/mol. The van der Waals surface area contributed by atoms with Gasteiger partial charge in [0.25, 0.3) is 0 Å². The molecule has 0 aromatic carbocycles. The molecule has 4 amide bonds. The monoisotopic (exact) mass is 278 g/mol. The average molecular weight is 278 g/mol. The first-order valence-electron chi connectivity index (χ1n) is 6.59. The summed E-state index contributed by atoms with van der Waals surface area (Å²) in [7, 11) is 1.78. The van der Waals surface area contributed by atoms with E-state index in [1.165, 1.54) is 0 Å². The van der Waals surface area contributed by atoms with E-state index in [9.17, 15) is 14.4 Å². The van der Waals surface area contributed by atoms with Gasteiger partial charge in [0.15, 0.2) is 0 Å². The van der Waals surface area contributed by atoms with Crippen LogP contribution >= 0.6 is 0 Å². The molecule has 1 fully saturated rings. The van der Waals surface area contributed by atoms with E-state index in [-0.39, 0.29) is 6.54 Å². The van der Waals surface area contributed by atoms with Crippen molar-refractivity contribution >= 4 is 17.8 Å². The lowest BCUT2D eigenvalue weighted by Gasteiger charge is -2.29. The van der Waals surface area contributed by atoms with Crippen LogP contribution in [0.5, 0.6) is 0 Å². The molecule has 0 aliphatic carbocycles. The van der Waals surface area contributed by atoms with Gasteiger partial charge in [-0.25, -0.2) is 4.79 Å². The smallest absolute Gasteiger partial charge is 0.277 e. The zero-order valence-electron chi connectivity index (χ0n) is 11.8. The highest BCUT2D eigenvalue weighted by Crippen LogP contribution is 2.19. The van der Waals surface area contributed by atoms with Crippen LogP contribution in [0, 0.1) is 12.8 Å². The van der Waals surface area contributed by atoms with Gasteiger partial charge >= 0.3 is 6.03 Å². The standard InChI is InChI=1S/C13H18N4O3/c1-4-5-10-11(18)14-13(20)17(12(10)19)7-9-6-16(3)15-8(9)2/h6,10H,4-5,7H2,1-3H3,(H,14,18,20). The van der Waals surface area contributed by atoms with Crippen LogP contribution < -0.4 is 5.32 Å². The largest absolute Gasteiger partial charge is 0.331 e. The molecule has 0 bridgehead atoms. The zero-order chi connectivity index (χ0) is 14.9. The van der Waals surface area contributed by atoms with Crippen molar-refractivity contribution in [3.8, 4) is 0 Å². The summed E-state index contributed by atoms with van der Waals surface area (Å²) in [6.07, 6.45) is 2.92. The molecule has 1 unspecified atom stereocenters. The number of imide groups is 2. The average Bonchev–Trinajstić information content (AvgIpc) is 2.68. The third kappa shape index (κ3) is 2.56. The van der Waals surface area contributed by atoms with Crippen molar-refractivity contribution < 1.29 is 14.4 Å². The fourth-order valence-corrected chi connectivity index (χ4v) is 2.33. The van der Waals surface area contributed by atoms with Crippen molar-refractivity contribution in [3.05, 3.63) is 17.5 Å². The SMILES string of the molecule is CCCC1C(=O)NC(=O)N(Cc2cn(C)nc2C)C1=O. The Kier molecular flexibility index (Phi) is 3.87. The van der Waals surface area contributed by atoms with E-state index >= 15 is 0 Å². The minimum Gasteiger partial charge on any atom is -0.277 e. The Hall–Kier alpha value is -2.18. The third-order valence-corrected chi connectivity index (χ3v) is 3.38. The highest BCUT2D eigenvalue weighted by atomic mass is 16.2. The topological polar surface area (TPSA) is 84.3 Å². The summed E-state index contributed by atoms with van der Waals surface area (Å²) < 4.78 is 1.63. The van der Waals surface area contributed by atoms with Gasteiger partial charge in [-0.05, 0) is 13.3 Å². The quantitative estimate of drug-likeness (QED) is 0.823. The van der Waals surface area contributed by atoms with E-state index in [1.54, 1.807) is 17.9 Å². The molecule has 1 atom stereocenters. The first-order chi connectivity index (χ1) is 9.43. The van der Waals surface area contributed by atoms with Crippen molar-refractivity contribution in [2.75, 3.05) is 0 Å². The van der Waals surface area contributed by atoms with Crippen LogP contribution in [-0.2, 0) is 23.2 Å². The summed E-state index contributed by atoms with van der Waals surface area (Å²) in [5, 5.41) is 6.42. The highest BCUT2D eigenvalue weighted by Gasteiger charge is 2.39. The van der Waals surface area contributed by atoms with Crippen LogP contribution in [0.2, 0.25) is 0 Å². The summed E-state index contributed by atoms with van der Waals surface area (Å²) in [4.78, 5) is 36.9. The van der Waals surface area contributed by atoms with Crippen LogP contribution in [0.4, 0.5) is 4.79 Å². The summed E-state index contributed by atoms with van der Waals surface area (Å²) in [6.45, 7) is 3.85. The lowest BCUT2D eigenvalue weighted by molar-refractivity contribution is -0.143. The van der Waals surface area contributed by atoms with Crippen LogP contribution in [0.25, 0.3) is 0 Å². The lowest BCUT2D eigenvalue weighted by Crippen LogP contribution is -2.57. The number of aromatic nitrogens is 2. The van der Waals surface area contributed by atoms with E-state index in [4.69, 9.17) is 0 Å². The summed E-state index contributed by atoms with van der Waals surface area (Å²) >= 11 is 0. The predicted octanol–water partition coefficient (Wildman–Crippen LogP) is 0.723. The second kappa shape index (κ2) is 5.44. The second-order valence-electron chi connectivity index (χ2n) is 4.97. The maximum atomic E-state index is 12.3. The van der Waals surface area contributed by atoms with Gasteiger partial charge in [-0.1, -0.05) is 13.3 Å². The minimum atomic E-state index is -0.769. The normalized spacial score (nSPS) is 19.4. The molecule has 1 N–H and O–H groups in total. The highest BCUT2D eigenvalue weighted by molar-refractivity contribution is 6.16. The molecule has 0 saturated carbocycles. The number of carbonyl (C=O) groups excluding carboxylic acids is 3. The molecule has 20 heavy (non-hydrogen) atoms. The van der Waals surface area contributed by atoms with Gasteiger partial charge < -0.3 is 0 Å². The van der Waals surface area contributed by atoms with E-state index in [0.29, 0.717) is 12.8 Å². The number of hydrogen-bond acceptors (Lipinski definition) is 4. The van der Waals surface area contributed by atoms with Gasteiger partial charge in [-0.2, -0.15) is 5.10 Å². The Morgan fingerprint density at radius 1 is 1.35 bits per heavy atom. The molecule has 1 aromatic rings. The van der Waals surface area contributed by atoms with Crippen molar-refractivity contribution in [1.82, 2.24) is 20.0 Å². The first-order valence-corrected chi connectivity index (χ1v) is 6.59. The lowest BCUT2D eigenvalue weighted by atomic mass is 9.99. The Bertz CT molecular complexity index is 564. The van der Waals surface area contributed by atoms with Crippen molar-refractivity contribution in [2.24, 2.45) is 13.0 Å². The van der Waals surface area contributed by atoms with Crippen LogP contribution in [0.3, 0.4) is 0 Å². The number of nitrogens with zero attached hydrogens (tertiary/aromatic N) is 3. The maximum absolute atomic E-state index is 12.3. The van der Waals surface area contributed by atoms with E-state index in [2.05, 4.69) is 10.4 Å². The number of carbonyl (C=O) groups is 3. The fraction of sp³-hybridized carbons (Fsp3) is 0.538. The number of rotatable bonds is 4. The van der Waals surface area contributed by atoms with Gasteiger partial charge in [-0.3, -0.25) is 24.5 Å². The van der Waals surface area contributed by atoms with Crippen LogP contribution in [0.1, 0.15) is 31.0 Å². The molecular weight excluding hydrogens is 260 g/mol. The molecule has 108 valence electrons. The summed E-state index contributed by atoms with van der Waals surface area (Å²) in [5.41, 5.74) is 1.55. The number of amides is 4. The zero-order valence-corrected chi connectivity index (χ0v) is 11.8. The fourth-order valence-electron chi connectivity index (χ4n) is 2.33. The van der Waals surface area contributed by atoms with Crippen molar-refractivity contribution in [2.45, 2.75) is 33.2 Å². The second-order valence-corrected chi connectivity index (χ2v) is 4.97. The molecule has 2 rings (SSSR count). The molecule has 1 saturated heterocycles. The van der Waals surface area contributed by atoms with E-state index in [0.717, 1.165) is 16.2 Å². The molecule has 7 nitrogen and oxygen atoms in total. The number of hydrogen-bond donors (Lipinski definition) is 1. The van der Waals surface area contributed by atoms with E-state index < -0.39 is 23.8 Å². The number of urea groups is 1. The maximum Gasteiger partial charge on any atom is 0.331 e. The Morgan fingerprint density at radius 2 is 2.05 bits per heavy atom. The first kappa shape index (κ1) is 14.2. The van der Waals surface area contributed by atoms with Gasteiger partial charge in [0.1, 0.15) is 5.92 Å². The molecule has 2 heterocycles. The molecule has 1 aromatic heterocycles. The summed E-state index contributed by atoms with van der Waals surface area (Å²) in [6, 6.07) is -0.657. The molecule has 1 aliphatic heterocycles. The Morgan fingerprint density at radius 3 is 2.60 bits per heavy atom. The van der Waals surface area contributed by atoms with Gasteiger partial charge in [0.2, 0.25) is 11.8 Å². The third-order valence-electron chi connectivity index (χ3n) is 3.38. The number of barbiturate groups is 1. The van der Waals surface area contributed by atoms with Crippen molar-refractivity contribution in [3.63, 3.8) is 0 Å². The summed E-state index contributed by atoms with van der Waals surface area (Å²) in [5.74, 6) is -1.69. The van der Waals surface area contributed by atoms with Gasteiger partial charge in [0, 0.05) is 18.8 Å². The number of nitrogens with one attached hydrogen (secondary N) is 1. The molecule has 0 radical (unpaired) electrons. The van der Waals surface area contributed by atoms with Gasteiger partial charge in [-0.15, -0.1) is 0 Å². The van der Waals surface area contributed by atoms with Crippen molar-refractivity contribution in [1.29, 1.82) is 0 Å². The van der Waals surface area contributed by atoms with Crippen LogP contribution in [-0.4, -0.2) is 32.5 Å². The van der Waals surface area contributed by atoms with Gasteiger partial charge in [0.05, 0.1) is 12.2 Å². The molecule has 1 aliphatic rings. The minimum absolute atomic E-state index is 0.137. The molecule has 7 heteroatoms. The van der Waals surface area contributed by atoms with Crippen LogP contribution in [0.15, 0.2) is 6.20 Å². The molecular formula is C13H18N4O3. The Labute approximate surface area is 116 Å². The Balaban J connectivity index is 2.21. The number of aryl methyl sites for hydroxylation is 2.